The number of halogens is 1. The third-order valence-corrected chi connectivity index (χ3v) is 2.14. The topological polar surface area (TPSA) is 54.4 Å². The molecule has 0 aliphatic rings. The van der Waals surface area contributed by atoms with Gasteiger partial charge in [-0.2, -0.15) is 8.42 Å². The number of hydrogen-bond acceptors (Lipinski definition) is 2. The average Bonchev–Trinajstić information content (AvgIpc) is 1.86. The van der Waals surface area contributed by atoms with Crippen LogP contribution in [0.1, 0.15) is 5.56 Å². The van der Waals surface area contributed by atoms with Gasteiger partial charge in [-0.1, -0.05) is 12.1 Å². The van der Waals surface area contributed by atoms with Gasteiger partial charge in [0.1, 0.15) is 0 Å². The van der Waals surface area contributed by atoms with E-state index in [1.54, 1.807) is 19.1 Å². The molecule has 0 fully saturated rings. The van der Waals surface area contributed by atoms with E-state index in [1.165, 1.54) is 12.1 Å². The first-order valence-corrected chi connectivity index (χ1v) is 4.48. The Labute approximate surface area is 77.6 Å². The predicted molar refractivity (Wildman–Crippen MR) is 48.2 cm³/mol. The van der Waals surface area contributed by atoms with Crippen LogP contribution in [0.3, 0.4) is 0 Å². The maximum Gasteiger partial charge on any atom is 0.294 e. The molecule has 0 atom stereocenters. The van der Waals surface area contributed by atoms with Gasteiger partial charge in [0.15, 0.2) is 0 Å². The second kappa shape index (κ2) is 3.89. The summed E-state index contributed by atoms with van der Waals surface area (Å²) in [6.45, 7) is 1.76. The second-order valence-electron chi connectivity index (χ2n) is 2.29. The van der Waals surface area contributed by atoms with Gasteiger partial charge in [0.25, 0.3) is 10.1 Å². The minimum Gasteiger partial charge on any atom is -0.282 e. The van der Waals surface area contributed by atoms with E-state index in [2.05, 4.69) is 0 Å². The first kappa shape index (κ1) is 11.4. The largest absolute Gasteiger partial charge is 0.294 e. The van der Waals surface area contributed by atoms with Crippen molar-refractivity contribution in [2.24, 2.45) is 0 Å². The molecule has 0 amide bonds. The van der Waals surface area contributed by atoms with Crippen LogP contribution in [0.5, 0.6) is 0 Å². The summed E-state index contributed by atoms with van der Waals surface area (Å²) < 4.78 is 29.7. The van der Waals surface area contributed by atoms with Gasteiger partial charge < -0.3 is 0 Å². The zero-order valence-electron chi connectivity index (χ0n) is 6.39. The standard InChI is InChI=1S/C7H8O3S.ClH/c1-6-3-2-4-7(5-6)11(8,9)10;/h2-5H,1H3,(H,8,9,10);1H. The SMILES string of the molecule is Cc1cccc(S(=O)(=O)O)c1.Cl. The smallest absolute Gasteiger partial charge is 0.282 e. The van der Waals surface area contributed by atoms with Crippen molar-refractivity contribution < 1.29 is 13.0 Å². The summed E-state index contributed by atoms with van der Waals surface area (Å²) in [6.07, 6.45) is 0. The van der Waals surface area contributed by atoms with E-state index >= 15 is 0 Å². The van der Waals surface area contributed by atoms with Crippen molar-refractivity contribution in [1.29, 1.82) is 0 Å². The van der Waals surface area contributed by atoms with Crippen LogP contribution in [0.15, 0.2) is 29.2 Å². The Morgan fingerprint density at radius 1 is 1.33 bits per heavy atom. The highest BCUT2D eigenvalue weighted by molar-refractivity contribution is 7.85. The zero-order valence-corrected chi connectivity index (χ0v) is 8.02. The third kappa shape index (κ3) is 2.81. The van der Waals surface area contributed by atoms with Gasteiger partial charge in [-0.05, 0) is 24.6 Å². The Morgan fingerprint density at radius 3 is 2.25 bits per heavy atom. The summed E-state index contributed by atoms with van der Waals surface area (Å²) in [5.74, 6) is 0. The minimum atomic E-state index is -4.03. The van der Waals surface area contributed by atoms with Crippen molar-refractivity contribution in [3.8, 4) is 0 Å². The molecular formula is C7H9ClO3S. The van der Waals surface area contributed by atoms with Gasteiger partial charge in [0, 0.05) is 0 Å². The Morgan fingerprint density at radius 2 is 1.92 bits per heavy atom. The summed E-state index contributed by atoms with van der Waals surface area (Å²) in [5.41, 5.74) is 0.806. The Hall–Kier alpha value is -0.580. The fourth-order valence-electron chi connectivity index (χ4n) is 0.776. The van der Waals surface area contributed by atoms with Gasteiger partial charge in [0.05, 0.1) is 4.90 Å². The number of rotatable bonds is 1. The lowest BCUT2D eigenvalue weighted by Crippen LogP contribution is -1.97. The van der Waals surface area contributed by atoms with Crippen molar-refractivity contribution in [3.63, 3.8) is 0 Å². The molecule has 0 saturated carbocycles. The highest BCUT2D eigenvalue weighted by atomic mass is 35.5. The molecule has 0 aliphatic heterocycles. The van der Waals surface area contributed by atoms with Crippen molar-refractivity contribution in [2.45, 2.75) is 11.8 Å². The van der Waals surface area contributed by atoms with Crippen LogP contribution in [0, 0.1) is 6.92 Å². The molecule has 0 aliphatic carbocycles. The molecular weight excluding hydrogens is 200 g/mol. The van der Waals surface area contributed by atoms with Crippen molar-refractivity contribution >= 4 is 22.5 Å². The highest BCUT2D eigenvalue weighted by Gasteiger charge is 2.07. The second-order valence-corrected chi connectivity index (χ2v) is 3.71. The molecule has 68 valence electrons. The van der Waals surface area contributed by atoms with E-state index in [1.807, 2.05) is 0 Å². The molecule has 1 N–H and O–H groups in total. The first-order chi connectivity index (χ1) is 5.00. The van der Waals surface area contributed by atoms with Crippen LogP contribution in [-0.2, 0) is 10.1 Å². The number of hydrogen-bond donors (Lipinski definition) is 1. The van der Waals surface area contributed by atoms with E-state index in [-0.39, 0.29) is 17.3 Å². The summed E-state index contributed by atoms with van der Waals surface area (Å²) in [5, 5.41) is 0. The fraction of sp³-hybridized carbons (Fsp3) is 0.143. The molecule has 0 bridgehead atoms. The van der Waals surface area contributed by atoms with Crippen LogP contribution in [0.2, 0.25) is 0 Å². The van der Waals surface area contributed by atoms with Gasteiger partial charge >= 0.3 is 0 Å². The molecule has 3 nitrogen and oxygen atoms in total. The molecule has 0 radical (unpaired) electrons. The molecule has 1 aromatic rings. The summed E-state index contributed by atoms with van der Waals surface area (Å²) in [4.78, 5) is -0.0579. The Bertz CT molecular complexity index is 359. The Balaban J connectivity index is 0.00000121. The van der Waals surface area contributed by atoms with Gasteiger partial charge in [0.2, 0.25) is 0 Å². The average molecular weight is 209 g/mol. The summed E-state index contributed by atoms with van der Waals surface area (Å²) >= 11 is 0. The molecule has 5 heteroatoms. The maximum absolute atomic E-state index is 10.5. The predicted octanol–water partition coefficient (Wildman–Crippen LogP) is 1.66. The summed E-state index contributed by atoms with van der Waals surface area (Å²) in [6, 6.07) is 6.10. The van der Waals surface area contributed by atoms with Crippen molar-refractivity contribution in [1.82, 2.24) is 0 Å². The molecule has 0 spiro atoms. The van der Waals surface area contributed by atoms with Gasteiger partial charge in [-0.3, -0.25) is 4.55 Å². The van der Waals surface area contributed by atoms with Gasteiger partial charge in [-0.15, -0.1) is 12.4 Å². The monoisotopic (exact) mass is 208 g/mol. The van der Waals surface area contributed by atoms with E-state index in [0.29, 0.717) is 0 Å². The van der Waals surface area contributed by atoms with Crippen molar-refractivity contribution in [2.75, 3.05) is 0 Å². The van der Waals surface area contributed by atoms with Crippen LogP contribution >= 0.6 is 12.4 Å². The zero-order chi connectivity index (χ0) is 8.48. The van der Waals surface area contributed by atoms with E-state index < -0.39 is 10.1 Å². The number of benzene rings is 1. The first-order valence-electron chi connectivity index (χ1n) is 3.04. The Kier molecular flexibility index (Phi) is 3.70. The van der Waals surface area contributed by atoms with Gasteiger partial charge in [-0.25, -0.2) is 0 Å². The van der Waals surface area contributed by atoms with E-state index in [4.69, 9.17) is 4.55 Å². The van der Waals surface area contributed by atoms with Crippen LogP contribution in [-0.4, -0.2) is 13.0 Å². The molecule has 12 heavy (non-hydrogen) atoms. The normalized spacial score (nSPS) is 10.5. The molecule has 0 aromatic heterocycles. The highest BCUT2D eigenvalue weighted by Crippen LogP contribution is 2.09. The van der Waals surface area contributed by atoms with Crippen LogP contribution < -0.4 is 0 Å². The third-order valence-electron chi connectivity index (χ3n) is 1.29. The number of aryl methyl sites for hydroxylation is 1. The van der Waals surface area contributed by atoms with Crippen LogP contribution in [0.25, 0.3) is 0 Å². The summed E-state index contributed by atoms with van der Waals surface area (Å²) in [7, 11) is -4.03. The molecule has 1 rings (SSSR count). The lowest BCUT2D eigenvalue weighted by atomic mass is 10.2. The fourth-order valence-corrected chi connectivity index (χ4v) is 1.36. The lowest BCUT2D eigenvalue weighted by molar-refractivity contribution is 0.483. The van der Waals surface area contributed by atoms with E-state index in [9.17, 15) is 8.42 Å². The molecule has 0 unspecified atom stereocenters. The quantitative estimate of drug-likeness (QED) is 0.715. The molecule has 1 aromatic carbocycles. The maximum atomic E-state index is 10.5. The van der Waals surface area contributed by atoms with Crippen molar-refractivity contribution in [3.05, 3.63) is 29.8 Å². The minimum absolute atomic E-state index is 0. The van der Waals surface area contributed by atoms with E-state index in [0.717, 1.165) is 5.56 Å². The molecule has 0 saturated heterocycles. The lowest BCUT2D eigenvalue weighted by Gasteiger charge is -1.96. The van der Waals surface area contributed by atoms with Crippen LogP contribution in [0.4, 0.5) is 0 Å². The molecule has 0 heterocycles.